The molecule has 0 aliphatic rings. The fraction of sp³-hybridized carbons (Fsp3) is 0.200. The first-order valence-electron chi connectivity index (χ1n) is 3.61. The number of rotatable bonds is 0. The molecular weight excluding hydrogens is 148 g/mol. The molecule has 0 aromatic carbocycles. The third-order valence-electron chi connectivity index (χ3n) is 1.30. The van der Waals surface area contributed by atoms with Crippen molar-refractivity contribution in [2.45, 2.75) is 13.3 Å². The number of pyridine rings is 1. The van der Waals surface area contributed by atoms with Crippen molar-refractivity contribution in [3.63, 3.8) is 0 Å². The molecule has 0 aliphatic carbocycles. The molecule has 1 aromatic rings. The third-order valence-corrected chi connectivity index (χ3v) is 1.30. The summed E-state index contributed by atoms with van der Waals surface area (Å²) in [4.78, 5) is 4.07. The normalized spacial score (nSPS) is 8.00. The Morgan fingerprint density at radius 3 is 2.92 bits per heavy atom. The Morgan fingerprint density at radius 1 is 1.50 bits per heavy atom. The summed E-state index contributed by atoms with van der Waals surface area (Å²) in [5.74, 6) is 5.49. The summed E-state index contributed by atoms with van der Waals surface area (Å²) in [5, 5.41) is 8.22. The Morgan fingerprint density at radius 2 is 2.33 bits per heavy atom. The number of hydrogen-bond donors (Lipinski definition) is 0. The molecule has 0 bridgehead atoms. The highest BCUT2D eigenvalue weighted by atomic mass is 14.7. The van der Waals surface area contributed by atoms with Gasteiger partial charge in [0.1, 0.15) is 5.69 Å². The summed E-state index contributed by atoms with van der Waals surface area (Å²) in [5.41, 5.74) is 1.83. The van der Waals surface area contributed by atoms with Gasteiger partial charge in [0, 0.05) is 6.20 Å². The first-order valence-corrected chi connectivity index (χ1v) is 3.61. The van der Waals surface area contributed by atoms with E-state index in [-0.39, 0.29) is 6.42 Å². The maximum Gasteiger partial charge on any atom is 0.113 e. The standard InChI is InChI=1S/C10H8N2/c1-9-5-6-10(12-8-9)4-2-3-7-11/h5-6,8H,3H2,1H3. The van der Waals surface area contributed by atoms with E-state index in [4.69, 9.17) is 5.26 Å². The Balaban J connectivity index is 2.74. The quantitative estimate of drug-likeness (QED) is 0.535. The van der Waals surface area contributed by atoms with E-state index in [2.05, 4.69) is 16.8 Å². The van der Waals surface area contributed by atoms with Crippen molar-refractivity contribution in [3.05, 3.63) is 29.6 Å². The lowest BCUT2D eigenvalue weighted by molar-refractivity contribution is 1.24. The predicted octanol–water partition coefficient (Wildman–Crippen LogP) is 1.66. The van der Waals surface area contributed by atoms with Gasteiger partial charge in [-0.25, -0.2) is 4.98 Å². The van der Waals surface area contributed by atoms with Gasteiger partial charge in [0.05, 0.1) is 12.5 Å². The van der Waals surface area contributed by atoms with Gasteiger partial charge in [0.25, 0.3) is 0 Å². The van der Waals surface area contributed by atoms with Gasteiger partial charge in [-0.05, 0) is 24.5 Å². The average Bonchev–Trinajstić information content (AvgIpc) is 2.09. The van der Waals surface area contributed by atoms with Gasteiger partial charge in [-0.2, -0.15) is 5.26 Å². The Kier molecular flexibility index (Phi) is 2.87. The zero-order valence-corrected chi connectivity index (χ0v) is 6.83. The molecule has 2 heteroatoms. The van der Waals surface area contributed by atoms with E-state index in [1.807, 2.05) is 25.1 Å². The highest BCUT2D eigenvalue weighted by molar-refractivity contribution is 5.29. The molecule has 2 nitrogen and oxygen atoms in total. The second-order valence-electron chi connectivity index (χ2n) is 2.36. The molecule has 0 atom stereocenters. The van der Waals surface area contributed by atoms with Gasteiger partial charge in [0.15, 0.2) is 0 Å². The van der Waals surface area contributed by atoms with Crippen LogP contribution in [0.15, 0.2) is 18.3 Å². The number of aromatic nitrogens is 1. The molecule has 0 saturated heterocycles. The van der Waals surface area contributed by atoms with E-state index >= 15 is 0 Å². The summed E-state index contributed by atoms with van der Waals surface area (Å²) >= 11 is 0. The SMILES string of the molecule is Cc1ccc(C#CCC#N)nc1. The van der Waals surface area contributed by atoms with Gasteiger partial charge in [-0.3, -0.25) is 0 Å². The minimum absolute atomic E-state index is 0.259. The predicted molar refractivity (Wildman–Crippen MR) is 46.1 cm³/mol. The van der Waals surface area contributed by atoms with Crippen LogP contribution in [0, 0.1) is 30.1 Å². The van der Waals surface area contributed by atoms with Crippen molar-refractivity contribution < 1.29 is 0 Å². The number of aryl methyl sites for hydroxylation is 1. The van der Waals surface area contributed by atoms with E-state index in [0.717, 1.165) is 11.3 Å². The Labute approximate surface area is 71.9 Å². The molecule has 0 fully saturated rings. The molecule has 0 N–H and O–H groups in total. The lowest BCUT2D eigenvalue weighted by atomic mass is 10.3. The van der Waals surface area contributed by atoms with Crippen molar-refractivity contribution >= 4 is 0 Å². The number of nitriles is 1. The van der Waals surface area contributed by atoms with Crippen LogP contribution in [0.4, 0.5) is 0 Å². The van der Waals surface area contributed by atoms with Crippen LogP contribution in [-0.2, 0) is 0 Å². The second-order valence-corrected chi connectivity index (χ2v) is 2.36. The zero-order chi connectivity index (χ0) is 8.81. The lowest BCUT2D eigenvalue weighted by Crippen LogP contribution is -1.81. The van der Waals surface area contributed by atoms with Crippen LogP contribution < -0.4 is 0 Å². The van der Waals surface area contributed by atoms with Crippen LogP contribution in [0.2, 0.25) is 0 Å². The first kappa shape index (κ1) is 8.30. The maximum atomic E-state index is 8.22. The number of nitrogens with zero attached hydrogens (tertiary/aromatic N) is 2. The average molecular weight is 156 g/mol. The van der Waals surface area contributed by atoms with E-state index in [1.165, 1.54) is 0 Å². The molecule has 12 heavy (non-hydrogen) atoms. The monoisotopic (exact) mass is 156 g/mol. The highest BCUT2D eigenvalue weighted by Gasteiger charge is 1.85. The lowest BCUT2D eigenvalue weighted by Gasteiger charge is -1.89. The van der Waals surface area contributed by atoms with Crippen LogP contribution >= 0.6 is 0 Å². The minimum atomic E-state index is 0.259. The third kappa shape index (κ3) is 2.44. The summed E-state index contributed by atoms with van der Waals surface area (Å²) in [7, 11) is 0. The van der Waals surface area contributed by atoms with Crippen molar-refractivity contribution in [1.29, 1.82) is 5.26 Å². The van der Waals surface area contributed by atoms with Crippen molar-refractivity contribution in [2.24, 2.45) is 0 Å². The smallest absolute Gasteiger partial charge is 0.113 e. The molecule has 0 saturated carbocycles. The summed E-state index contributed by atoms with van der Waals surface area (Å²) in [6.45, 7) is 1.97. The molecular formula is C10H8N2. The highest BCUT2D eigenvalue weighted by Crippen LogP contribution is 1.95. The molecule has 0 unspecified atom stereocenters. The van der Waals surface area contributed by atoms with E-state index < -0.39 is 0 Å². The van der Waals surface area contributed by atoms with Crippen molar-refractivity contribution in [3.8, 4) is 17.9 Å². The van der Waals surface area contributed by atoms with Crippen LogP contribution in [0.1, 0.15) is 17.7 Å². The second kappa shape index (κ2) is 4.16. The topological polar surface area (TPSA) is 36.7 Å². The molecule has 0 radical (unpaired) electrons. The van der Waals surface area contributed by atoms with Gasteiger partial charge in [0.2, 0.25) is 0 Å². The fourth-order valence-corrected chi connectivity index (χ4v) is 0.716. The fourth-order valence-electron chi connectivity index (χ4n) is 0.716. The molecule has 58 valence electrons. The minimum Gasteiger partial charge on any atom is -0.248 e. The molecule has 0 aliphatic heterocycles. The van der Waals surface area contributed by atoms with Gasteiger partial charge < -0.3 is 0 Å². The molecule has 0 spiro atoms. The molecule has 0 amide bonds. The zero-order valence-electron chi connectivity index (χ0n) is 6.83. The number of hydrogen-bond acceptors (Lipinski definition) is 2. The van der Waals surface area contributed by atoms with Gasteiger partial charge >= 0.3 is 0 Å². The molecule has 1 heterocycles. The van der Waals surface area contributed by atoms with E-state index in [9.17, 15) is 0 Å². The Bertz CT molecular complexity index is 346. The van der Waals surface area contributed by atoms with E-state index in [0.29, 0.717) is 0 Å². The first-order chi connectivity index (χ1) is 5.83. The van der Waals surface area contributed by atoms with Crippen LogP contribution in [0.25, 0.3) is 0 Å². The largest absolute Gasteiger partial charge is 0.248 e. The maximum absolute atomic E-state index is 8.22. The van der Waals surface area contributed by atoms with Crippen LogP contribution in [-0.4, -0.2) is 4.98 Å². The summed E-state index contributed by atoms with van der Waals surface area (Å²) < 4.78 is 0. The summed E-state index contributed by atoms with van der Waals surface area (Å²) in [6.07, 6.45) is 2.02. The van der Waals surface area contributed by atoms with Gasteiger partial charge in [-0.15, -0.1) is 0 Å². The molecule has 1 rings (SSSR count). The van der Waals surface area contributed by atoms with Crippen molar-refractivity contribution in [2.75, 3.05) is 0 Å². The van der Waals surface area contributed by atoms with E-state index in [1.54, 1.807) is 6.20 Å². The van der Waals surface area contributed by atoms with Crippen molar-refractivity contribution in [1.82, 2.24) is 4.98 Å². The Hall–Kier alpha value is -1.80. The van der Waals surface area contributed by atoms with Crippen LogP contribution in [0.3, 0.4) is 0 Å². The molecule has 1 aromatic heterocycles. The summed E-state index contributed by atoms with van der Waals surface area (Å²) in [6, 6.07) is 5.74. The van der Waals surface area contributed by atoms with Crippen LogP contribution in [0.5, 0.6) is 0 Å². The van der Waals surface area contributed by atoms with Gasteiger partial charge in [-0.1, -0.05) is 12.0 Å².